The maximum absolute atomic E-state index is 11.4. The van der Waals surface area contributed by atoms with E-state index in [4.69, 9.17) is 5.73 Å². The first-order valence-electron chi connectivity index (χ1n) is 6.34. The summed E-state index contributed by atoms with van der Waals surface area (Å²) in [5, 5.41) is 9.90. The summed E-state index contributed by atoms with van der Waals surface area (Å²) in [7, 11) is 0. The number of rotatable bonds is 2. The third kappa shape index (κ3) is 1.75. The van der Waals surface area contributed by atoms with Crippen molar-refractivity contribution in [3.8, 4) is 0 Å². The van der Waals surface area contributed by atoms with Crippen LogP contribution in [0.4, 0.5) is 5.82 Å². The number of anilines is 1. The topological polar surface area (TPSA) is 79.5 Å². The second-order valence-electron chi connectivity index (χ2n) is 5.21. The Kier molecular flexibility index (Phi) is 2.70. The van der Waals surface area contributed by atoms with Gasteiger partial charge in [0.1, 0.15) is 5.82 Å². The van der Waals surface area contributed by atoms with Gasteiger partial charge in [0.2, 0.25) is 0 Å². The van der Waals surface area contributed by atoms with Gasteiger partial charge in [-0.3, -0.25) is 4.79 Å². The molecule has 5 heteroatoms. The minimum atomic E-state index is -0.448. The van der Waals surface area contributed by atoms with E-state index in [2.05, 4.69) is 9.88 Å². The number of carbonyl (C=O) groups is 1. The van der Waals surface area contributed by atoms with Gasteiger partial charge < -0.3 is 15.7 Å². The molecule has 0 aromatic carbocycles. The molecule has 3 N–H and O–H groups in total. The zero-order valence-corrected chi connectivity index (χ0v) is 10.1. The van der Waals surface area contributed by atoms with Gasteiger partial charge in [0, 0.05) is 25.2 Å². The summed E-state index contributed by atoms with van der Waals surface area (Å²) in [6.07, 6.45) is 3.42. The number of aliphatic hydroxyl groups is 1. The highest BCUT2D eigenvalue weighted by atomic mass is 16.3. The van der Waals surface area contributed by atoms with Crippen LogP contribution in [-0.2, 0) is 0 Å². The fraction of sp³-hybridized carbons (Fsp3) is 0.538. The van der Waals surface area contributed by atoms with E-state index in [0.717, 1.165) is 25.9 Å². The maximum Gasteiger partial charge on any atom is 0.252 e. The molecule has 2 aliphatic rings. The summed E-state index contributed by atoms with van der Waals surface area (Å²) in [4.78, 5) is 17.8. The third-order valence-corrected chi connectivity index (χ3v) is 4.17. The van der Waals surface area contributed by atoms with Crippen LogP contribution in [0.15, 0.2) is 18.3 Å². The molecule has 1 aliphatic carbocycles. The van der Waals surface area contributed by atoms with Crippen molar-refractivity contribution in [2.75, 3.05) is 18.0 Å². The average Bonchev–Trinajstić information content (AvgIpc) is 2.92. The first-order valence-corrected chi connectivity index (χ1v) is 6.34. The number of primary amides is 1. The number of aromatic nitrogens is 1. The third-order valence-electron chi connectivity index (χ3n) is 4.17. The molecule has 2 heterocycles. The molecule has 1 aromatic rings. The van der Waals surface area contributed by atoms with Gasteiger partial charge in [-0.25, -0.2) is 4.98 Å². The van der Waals surface area contributed by atoms with Crippen LogP contribution in [0.5, 0.6) is 0 Å². The molecule has 1 saturated carbocycles. The summed E-state index contributed by atoms with van der Waals surface area (Å²) in [5.74, 6) is 1.04. The van der Waals surface area contributed by atoms with Crippen molar-refractivity contribution < 1.29 is 9.90 Å². The van der Waals surface area contributed by atoms with E-state index in [1.807, 2.05) is 0 Å². The Morgan fingerprint density at radius 1 is 1.44 bits per heavy atom. The van der Waals surface area contributed by atoms with Crippen LogP contribution < -0.4 is 10.6 Å². The summed E-state index contributed by atoms with van der Waals surface area (Å²) in [6, 6.07) is 3.42. The lowest BCUT2D eigenvalue weighted by atomic mass is 10.00. The van der Waals surface area contributed by atoms with Crippen molar-refractivity contribution in [3.05, 3.63) is 23.9 Å². The molecule has 0 bridgehead atoms. The number of hydrogen-bond acceptors (Lipinski definition) is 4. The fourth-order valence-corrected chi connectivity index (χ4v) is 3.25. The Bertz CT molecular complexity index is 477. The lowest BCUT2D eigenvalue weighted by Gasteiger charge is -2.21. The molecule has 1 aromatic heterocycles. The van der Waals surface area contributed by atoms with Crippen LogP contribution in [0, 0.1) is 11.8 Å². The van der Waals surface area contributed by atoms with Gasteiger partial charge in [0.05, 0.1) is 11.7 Å². The van der Waals surface area contributed by atoms with Gasteiger partial charge in [-0.15, -0.1) is 0 Å². The highest BCUT2D eigenvalue weighted by Gasteiger charge is 2.42. The first kappa shape index (κ1) is 11.5. The molecule has 2 fully saturated rings. The Morgan fingerprint density at radius 3 is 3.00 bits per heavy atom. The molecule has 0 radical (unpaired) electrons. The van der Waals surface area contributed by atoms with Crippen LogP contribution in [-0.4, -0.2) is 35.2 Å². The highest BCUT2D eigenvalue weighted by molar-refractivity contribution is 5.97. The van der Waals surface area contributed by atoms with Gasteiger partial charge in [-0.05, 0) is 30.9 Å². The largest absolute Gasteiger partial charge is 0.393 e. The van der Waals surface area contributed by atoms with E-state index in [9.17, 15) is 9.90 Å². The molecule has 3 unspecified atom stereocenters. The number of hydrogen-bond donors (Lipinski definition) is 2. The summed E-state index contributed by atoms with van der Waals surface area (Å²) in [6.45, 7) is 1.63. The van der Waals surface area contributed by atoms with Gasteiger partial charge in [-0.1, -0.05) is 0 Å². The van der Waals surface area contributed by atoms with E-state index >= 15 is 0 Å². The van der Waals surface area contributed by atoms with Crippen molar-refractivity contribution in [3.63, 3.8) is 0 Å². The maximum atomic E-state index is 11.4. The minimum absolute atomic E-state index is 0.208. The predicted octanol–water partition coefficient (Wildman–Crippen LogP) is 0.388. The predicted molar refractivity (Wildman–Crippen MR) is 67.2 cm³/mol. The molecule has 96 valence electrons. The van der Waals surface area contributed by atoms with E-state index in [0.29, 0.717) is 23.2 Å². The van der Waals surface area contributed by atoms with Crippen LogP contribution in [0.2, 0.25) is 0 Å². The van der Waals surface area contributed by atoms with Crippen molar-refractivity contribution in [1.29, 1.82) is 0 Å². The Morgan fingerprint density at radius 2 is 2.28 bits per heavy atom. The molecule has 3 atom stereocenters. The van der Waals surface area contributed by atoms with E-state index in [-0.39, 0.29) is 6.10 Å². The van der Waals surface area contributed by atoms with E-state index < -0.39 is 5.91 Å². The van der Waals surface area contributed by atoms with Crippen LogP contribution in [0.3, 0.4) is 0 Å². The molecule has 3 rings (SSSR count). The molecule has 18 heavy (non-hydrogen) atoms. The van der Waals surface area contributed by atoms with Gasteiger partial charge in [-0.2, -0.15) is 0 Å². The van der Waals surface area contributed by atoms with E-state index in [1.54, 1.807) is 18.3 Å². The molecule has 5 nitrogen and oxygen atoms in total. The molecule has 1 aliphatic heterocycles. The van der Waals surface area contributed by atoms with Gasteiger partial charge in [0.25, 0.3) is 5.91 Å². The Balaban J connectivity index is 1.87. The Labute approximate surface area is 106 Å². The number of aliphatic hydroxyl groups excluding tert-OH is 1. The molecule has 1 amide bonds. The lowest BCUT2D eigenvalue weighted by Crippen LogP contribution is -2.27. The van der Waals surface area contributed by atoms with E-state index in [1.165, 1.54) is 0 Å². The Hall–Kier alpha value is -1.62. The van der Waals surface area contributed by atoms with Crippen LogP contribution >= 0.6 is 0 Å². The minimum Gasteiger partial charge on any atom is -0.393 e. The molecular formula is C13H17N3O2. The molecular weight excluding hydrogens is 230 g/mol. The molecule has 1 saturated heterocycles. The standard InChI is InChI=1S/C13H17N3O2/c14-12(18)9-2-1-5-15-13(9)16-6-8-3-4-11(17)10(8)7-16/h1-2,5,8,10-11,17H,3-4,6-7H2,(H2,14,18). The van der Waals surface area contributed by atoms with Crippen molar-refractivity contribution >= 4 is 11.7 Å². The van der Waals surface area contributed by atoms with Gasteiger partial charge >= 0.3 is 0 Å². The smallest absolute Gasteiger partial charge is 0.252 e. The number of carbonyl (C=O) groups excluding carboxylic acids is 1. The zero-order valence-electron chi connectivity index (χ0n) is 10.1. The quantitative estimate of drug-likeness (QED) is 0.792. The monoisotopic (exact) mass is 247 g/mol. The SMILES string of the molecule is NC(=O)c1cccnc1N1CC2CCC(O)C2C1. The summed E-state index contributed by atoms with van der Waals surface area (Å²) in [5.41, 5.74) is 5.84. The number of pyridine rings is 1. The van der Waals surface area contributed by atoms with Gasteiger partial charge in [0.15, 0.2) is 0 Å². The van der Waals surface area contributed by atoms with Crippen LogP contribution in [0.25, 0.3) is 0 Å². The number of nitrogens with two attached hydrogens (primary N) is 1. The van der Waals surface area contributed by atoms with Crippen molar-refractivity contribution in [1.82, 2.24) is 4.98 Å². The average molecular weight is 247 g/mol. The number of nitrogens with zero attached hydrogens (tertiary/aromatic N) is 2. The fourth-order valence-electron chi connectivity index (χ4n) is 3.25. The van der Waals surface area contributed by atoms with Crippen LogP contribution in [0.1, 0.15) is 23.2 Å². The normalized spacial score (nSPS) is 30.5. The van der Waals surface area contributed by atoms with Crippen molar-refractivity contribution in [2.24, 2.45) is 17.6 Å². The first-order chi connectivity index (χ1) is 8.66. The molecule has 0 spiro atoms. The number of amides is 1. The second-order valence-corrected chi connectivity index (χ2v) is 5.21. The summed E-state index contributed by atoms with van der Waals surface area (Å²) >= 11 is 0. The van der Waals surface area contributed by atoms with Crippen molar-refractivity contribution in [2.45, 2.75) is 18.9 Å². The lowest BCUT2D eigenvalue weighted by molar-refractivity contribution is 0.100. The summed E-state index contributed by atoms with van der Waals surface area (Å²) < 4.78 is 0. The number of fused-ring (bicyclic) bond motifs is 1. The zero-order chi connectivity index (χ0) is 12.7. The second kappa shape index (κ2) is 4.24. The highest BCUT2D eigenvalue weighted by Crippen LogP contribution is 2.39.